The number of hydrogen-bond donors (Lipinski definition) is 2. The Balaban J connectivity index is 2.24. The summed E-state index contributed by atoms with van der Waals surface area (Å²) in [5, 5.41) is 0.512. The maximum Gasteiger partial charge on any atom is 0.229 e. The van der Waals surface area contributed by atoms with E-state index in [-0.39, 0.29) is 0 Å². The molecule has 0 bridgehead atoms. The molecule has 0 aliphatic carbocycles. The molecule has 5 nitrogen and oxygen atoms in total. The average Bonchev–Trinajstić information content (AvgIpc) is 2.63. The summed E-state index contributed by atoms with van der Waals surface area (Å²) >= 11 is 1.39. The Kier molecular flexibility index (Phi) is 3.03. The fourth-order valence-electron chi connectivity index (χ4n) is 1.34. The standard InChI is InChI=1S/C10H11N3O2S2/c1-17(14,15)13-8-4-2-7(3-5-8)9-6-12-10(11)16-9/h2-6,13H,1H3,(H2,11,12). The molecule has 0 atom stereocenters. The number of aromatic nitrogens is 1. The van der Waals surface area contributed by atoms with Gasteiger partial charge in [0.2, 0.25) is 10.0 Å². The van der Waals surface area contributed by atoms with E-state index in [9.17, 15) is 8.42 Å². The highest BCUT2D eigenvalue weighted by atomic mass is 32.2. The van der Waals surface area contributed by atoms with Crippen molar-refractivity contribution in [3.63, 3.8) is 0 Å². The Bertz CT molecular complexity index is 617. The molecule has 7 heteroatoms. The monoisotopic (exact) mass is 269 g/mol. The third-order valence-electron chi connectivity index (χ3n) is 2.00. The van der Waals surface area contributed by atoms with Crippen LogP contribution >= 0.6 is 11.3 Å². The van der Waals surface area contributed by atoms with Gasteiger partial charge in [0, 0.05) is 11.9 Å². The highest BCUT2D eigenvalue weighted by molar-refractivity contribution is 7.92. The highest BCUT2D eigenvalue weighted by Crippen LogP contribution is 2.28. The van der Waals surface area contributed by atoms with Crippen LogP contribution in [0, 0.1) is 0 Å². The number of nitrogens with two attached hydrogens (primary N) is 1. The van der Waals surface area contributed by atoms with E-state index in [1.807, 2.05) is 12.1 Å². The molecule has 2 rings (SSSR count). The van der Waals surface area contributed by atoms with Gasteiger partial charge in [-0.1, -0.05) is 23.5 Å². The van der Waals surface area contributed by atoms with Crippen molar-refractivity contribution in [2.24, 2.45) is 0 Å². The Labute approximate surface area is 103 Å². The summed E-state index contributed by atoms with van der Waals surface area (Å²) < 4.78 is 24.4. The molecule has 0 aliphatic rings. The first-order valence-corrected chi connectivity index (χ1v) is 7.44. The molecule has 3 N–H and O–H groups in total. The number of nitrogens with zero attached hydrogens (tertiary/aromatic N) is 1. The smallest absolute Gasteiger partial charge is 0.229 e. The first-order valence-electron chi connectivity index (χ1n) is 4.73. The number of benzene rings is 1. The lowest BCUT2D eigenvalue weighted by molar-refractivity contribution is 0.607. The van der Waals surface area contributed by atoms with E-state index in [1.54, 1.807) is 18.3 Å². The summed E-state index contributed by atoms with van der Waals surface area (Å²) in [6.07, 6.45) is 2.81. The topological polar surface area (TPSA) is 85.1 Å². The van der Waals surface area contributed by atoms with E-state index in [0.29, 0.717) is 10.8 Å². The molecule has 0 radical (unpaired) electrons. The largest absolute Gasteiger partial charge is 0.375 e. The minimum atomic E-state index is -3.23. The van der Waals surface area contributed by atoms with Crippen LogP contribution in [0.3, 0.4) is 0 Å². The SMILES string of the molecule is CS(=O)(=O)Nc1ccc(-c2cnc(N)s2)cc1. The molecule has 0 unspecified atom stereocenters. The molecule has 1 aromatic carbocycles. The summed E-state index contributed by atoms with van der Waals surface area (Å²) in [6, 6.07) is 7.04. The first kappa shape index (κ1) is 11.9. The van der Waals surface area contributed by atoms with Gasteiger partial charge >= 0.3 is 0 Å². The molecule has 0 saturated carbocycles. The molecular formula is C10H11N3O2S2. The van der Waals surface area contributed by atoms with Crippen molar-refractivity contribution in [2.45, 2.75) is 0 Å². The lowest BCUT2D eigenvalue weighted by atomic mass is 10.2. The molecular weight excluding hydrogens is 258 g/mol. The Morgan fingerprint density at radius 3 is 2.41 bits per heavy atom. The van der Waals surface area contributed by atoms with Crippen LogP contribution in [-0.2, 0) is 10.0 Å². The van der Waals surface area contributed by atoms with E-state index < -0.39 is 10.0 Å². The molecule has 90 valence electrons. The van der Waals surface area contributed by atoms with Gasteiger partial charge in [-0.2, -0.15) is 0 Å². The van der Waals surface area contributed by atoms with Crippen LogP contribution in [0.1, 0.15) is 0 Å². The zero-order valence-corrected chi connectivity index (χ0v) is 10.7. The number of nitrogens with one attached hydrogen (secondary N) is 1. The molecule has 1 heterocycles. The molecule has 0 saturated heterocycles. The van der Waals surface area contributed by atoms with Gasteiger partial charge in [0.05, 0.1) is 11.1 Å². The minimum Gasteiger partial charge on any atom is -0.375 e. The maximum atomic E-state index is 11.0. The van der Waals surface area contributed by atoms with Crippen molar-refractivity contribution < 1.29 is 8.42 Å². The van der Waals surface area contributed by atoms with Gasteiger partial charge in [0.1, 0.15) is 0 Å². The number of thiazole rings is 1. The van der Waals surface area contributed by atoms with Crippen LogP contribution in [0.4, 0.5) is 10.8 Å². The van der Waals surface area contributed by atoms with Crippen molar-refractivity contribution in [3.8, 4) is 10.4 Å². The summed E-state index contributed by atoms with van der Waals surface area (Å²) in [5.74, 6) is 0. The van der Waals surface area contributed by atoms with E-state index in [0.717, 1.165) is 16.7 Å². The summed E-state index contributed by atoms with van der Waals surface area (Å²) in [5.41, 5.74) is 7.04. The maximum absolute atomic E-state index is 11.0. The number of nitrogen functional groups attached to an aromatic ring is 1. The van der Waals surface area contributed by atoms with E-state index in [4.69, 9.17) is 5.73 Å². The van der Waals surface area contributed by atoms with E-state index in [1.165, 1.54) is 11.3 Å². The minimum absolute atomic E-state index is 0.512. The van der Waals surface area contributed by atoms with Crippen LogP contribution in [0.5, 0.6) is 0 Å². The third kappa shape index (κ3) is 3.18. The summed E-state index contributed by atoms with van der Waals surface area (Å²) in [6.45, 7) is 0. The molecule has 0 amide bonds. The van der Waals surface area contributed by atoms with Crippen molar-refractivity contribution in [1.29, 1.82) is 0 Å². The van der Waals surface area contributed by atoms with Crippen LogP contribution in [0.15, 0.2) is 30.5 Å². The van der Waals surface area contributed by atoms with Gasteiger partial charge < -0.3 is 5.73 Å². The predicted molar refractivity (Wildman–Crippen MR) is 70.4 cm³/mol. The molecule has 17 heavy (non-hydrogen) atoms. The van der Waals surface area contributed by atoms with Crippen molar-refractivity contribution in [3.05, 3.63) is 30.5 Å². The van der Waals surface area contributed by atoms with Crippen LogP contribution in [0.2, 0.25) is 0 Å². The van der Waals surface area contributed by atoms with Gasteiger partial charge in [-0.05, 0) is 17.7 Å². The van der Waals surface area contributed by atoms with Gasteiger partial charge in [-0.3, -0.25) is 4.72 Å². The predicted octanol–water partition coefficient (Wildman–Crippen LogP) is 1.76. The molecule has 1 aromatic heterocycles. The second kappa shape index (κ2) is 4.34. The van der Waals surface area contributed by atoms with Gasteiger partial charge in [0.15, 0.2) is 5.13 Å². The highest BCUT2D eigenvalue weighted by Gasteiger charge is 2.04. The fraction of sp³-hybridized carbons (Fsp3) is 0.100. The quantitative estimate of drug-likeness (QED) is 0.889. The molecule has 0 aliphatic heterocycles. The van der Waals surface area contributed by atoms with Crippen LogP contribution < -0.4 is 10.5 Å². The number of sulfonamides is 1. The lowest BCUT2D eigenvalue weighted by Crippen LogP contribution is -2.09. The van der Waals surface area contributed by atoms with Crippen molar-refractivity contribution in [1.82, 2.24) is 4.98 Å². The molecule has 0 spiro atoms. The molecule has 0 fully saturated rings. The molecule has 2 aromatic rings. The third-order valence-corrected chi connectivity index (χ3v) is 3.48. The van der Waals surface area contributed by atoms with Gasteiger partial charge in [-0.15, -0.1) is 0 Å². The number of rotatable bonds is 3. The van der Waals surface area contributed by atoms with Crippen LogP contribution in [-0.4, -0.2) is 19.7 Å². The van der Waals surface area contributed by atoms with Crippen LogP contribution in [0.25, 0.3) is 10.4 Å². The van der Waals surface area contributed by atoms with Gasteiger partial charge in [0.25, 0.3) is 0 Å². The number of anilines is 2. The fourth-order valence-corrected chi connectivity index (χ4v) is 2.59. The normalized spacial score (nSPS) is 11.4. The zero-order valence-electron chi connectivity index (χ0n) is 9.04. The van der Waals surface area contributed by atoms with Crippen molar-refractivity contribution >= 4 is 32.2 Å². The van der Waals surface area contributed by atoms with Gasteiger partial charge in [-0.25, -0.2) is 13.4 Å². The second-order valence-electron chi connectivity index (χ2n) is 3.51. The van der Waals surface area contributed by atoms with E-state index >= 15 is 0 Å². The Hall–Kier alpha value is -1.60. The average molecular weight is 269 g/mol. The first-order chi connectivity index (χ1) is 7.94. The second-order valence-corrected chi connectivity index (χ2v) is 6.33. The lowest BCUT2D eigenvalue weighted by Gasteiger charge is -2.04. The van der Waals surface area contributed by atoms with Crippen molar-refractivity contribution in [2.75, 3.05) is 16.7 Å². The zero-order chi connectivity index (χ0) is 12.5. The Morgan fingerprint density at radius 1 is 1.29 bits per heavy atom. The summed E-state index contributed by atoms with van der Waals surface area (Å²) in [7, 11) is -3.23. The number of hydrogen-bond acceptors (Lipinski definition) is 5. The summed E-state index contributed by atoms with van der Waals surface area (Å²) in [4.78, 5) is 4.91. The Morgan fingerprint density at radius 2 is 1.94 bits per heavy atom. The van der Waals surface area contributed by atoms with E-state index in [2.05, 4.69) is 9.71 Å².